The smallest absolute Gasteiger partial charge is 0.252 e. The molecule has 7 nitrogen and oxygen atoms in total. The summed E-state index contributed by atoms with van der Waals surface area (Å²) in [6.45, 7) is 2.74. The lowest BCUT2D eigenvalue weighted by Gasteiger charge is -2.09. The molecule has 0 saturated heterocycles. The summed E-state index contributed by atoms with van der Waals surface area (Å²) in [5, 5.41) is 17.0. The van der Waals surface area contributed by atoms with Crippen LogP contribution in [0.4, 0.5) is 21.8 Å². The van der Waals surface area contributed by atoms with Gasteiger partial charge in [0.15, 0.2) is 5.82 Å². The number of carbonyl (C=O) groups excluding carboxylic acids is 1. The van der Waals surface area contributed by atoms with Crippen LogP contribution in [0.25, 0.3) is 0 Å². The minimum Gasteiger partial charge on any atom is -0.367 e. The van der Waals surface area contributed by atoms with Gasteiger partial charge in [0.1, 0.15) is 17.5 Å². The zero-order valence-electron chi connectivity index (χ0n) is 15.0. The molecule has 3 N–H and O–H groups in total. The van der Waals surface area contributed by atoms with Gasteiger partial charge in [0.2, 0.25) is 0 Å². The highest BCUT2D eigenvalue weighted by Crippen LogP contribution is 2.17. The first-order chi connectivity index (χ1) is 13.5. The van der Waals surface area contributed by atoms with Gasteiger partial charge in [0.05, 0.1) is 10.6 Å². The molecule has 0 aliphatic carbocycles. The van der Waals surface area contributed by atoms with Gasteiger partial charge in [0.25, 0.3) is 5.91 Å². The summed E-state index contributed by atoms with van der Waals surface area (Å²) in [5.74, 6) is 0.960. The maximum Gasteiger partial charge on any atom is 0.252 e. The Bertz CT molecular complexity index is 950. The largest absolute Gasteiger partial charge is 0.367 e. The molecule has 1 amide bonds. The molecule has 28 heavy (non-hydrogen) atoms. The van der Waals surface area contributed by atoms with Crippen molar-refractivity contribution in [3.8, 4) is 0 Å². The Morgan fingerprint density at radius 3 is 2.46 bits per heavy atom. The quantitative estimate of drug-likeness (QED) is 0.525. The molecule has 0 atom stereocenters. The third kappa shape index (κ3) is 5.37. The van der Waals surface area contributed by atoms with Crippen LogP contribution >= 0.6 is 11.6 Å². The van der Waals surface area contributed by atoms with Crippen molar-refractivity contribution >= 4 is 35.0 Å². The van der Waals surface area contributed by atoms with E-state index >= 15 is 0 Å². The molecular formula is C19H18ClFN6O. The van der Waals surface area contributed by atoms with Crippen molar-refractivity contribution in [2.24, 2.45) is 0 Å². The monoisotopic (exact) mass is 400 g/mol. The van der Waals surface area contributed by atoms with Gasteiger partial charge in [-0.3, -0.25) is 4.79 Å². The topological polar surface area (TPSA) is 91.8 Å². The molecule has 3 rings (SSSR count). The number of rotatable bonds is 7. The summed E-state index contributed by atoms with van der Waals surface area (Å²) in [6.07, 6.45) is 1.76. The van der Waals surface area contributed by atoms with Crippen molar-refractivity contribution in [3.63, 3.8) is 0 Å². The molecule has 0 spiro atoms. The number of hydrogen-bond acceptors (Lipinski definition) is 6. The maximum atomic E-state index is 13.0. The normalized spacial score (nSPS) is 10.4. The summed E-state index contributed by atoms with van der Waals surface area (Å²) in [5.41, 5.74) is 1.30. The van der Waals surface area contributed by atoms with Crippen LogP contribution in [-0.4, -0.2) is 34.2 Å². The van der Waals surface area contributed by atoms with E-state index in [4.69, 9.17) is 11.6 Å². The van der Waals surface area contributed by atoms with Crippen molar-refractivity contribution in [2.75, 3.05) is 23.7 Å². The van der Waals surface area contributed by atoms with Gasteiger partial charge in [-0.2, -0.15) is 0 Å². The van der Waals surface area contributed by atoms with Gasteiger partial charge in [-0.1, -0.05) is 17.7 Å². The van der Waals surface area contributed by atoms with E-state index < -0.39 is 5.82 Å². The summed E-state index contributed by atoms with van der Waals surface area (Å²) in [4.78, 5) is 16.3. The van der Waals surface area contributed by atoms with Crippen LogP contribution in [0, 0.1) is 12.7 Å². The summed E-state index contributed by atoms with van der Waals surface area (Å²) in [6, 6.07) is 11.0. The predicted octanol–water partition coefficient (Wildman–Crippen LogP) is 3.56. The first-order valence-electron chi connectivity index (χ1n) is 8.52. The van der Waals surface area contributed by atoms with Crippen molar-refractivity contribution < 1.29 is 9.18 Å². The third-order valence-corrected chi connectivity index (χ3v) is 4.04. The molecule has 9 heteroatoms. The molecular weight excluding hydrogens is 383 g/mol. The summed E-state index contributed by atoms with van der Waals surface area (Å²) in [7, 11) is 0. The average Bonchev–Trinajstić information content (AvgIpc) is 2.68. The van der Waals surface area contributed by atoms with Gasteiger partial charge in [-0.05, 0) is 48.9 Å². The van der Waals surface area contributed by atoms with Gasteiger partial charge >= 0.3 is 0 Å². The van der Waals surface area contributed by atoms with Crippen LogP contribution in [0.3, 0.4) is 0 Å². The van der Waals surface area contributed by atoms with E-state index in [1.165, 1.54) is 12.1 Å². The molecule has 0 unspecified atom stereocenters. The SMILES string of the molecule is Cc1ccc(Nc2ccc(NCCNC(=O)c3ccc(F)cc3Cl)nn2)nc1. The van der Waals surface area contributed by atoms with E-state index in [2.05, 4.69) is 31.1 Å². The lowest BCUT2D eigenvalue weighted by Crippen LogP contribution is -2.29. The molecule has 0 bridgehead atoms. The van der Waals surface area contributed by atoms with Gasteiger partial charge in [-0.25, -0.2) is 9.37 Å². The van der Waals surface area contributed by atoms with Crippen LogP contribution in [0.15, 0.2) is 48.7 Å². The molecule has 1 aromatic carbocycles. The average molecular weight is 401 g/mol. The number of aromatic nitrogens is 3. The number of amides is 1. The Kier molecular flexibility index (Phi) is 6.33. The second-order valence-corrected chi connectivity index (χ2v) is 6.36. The van der Waals surface area contributed by atoms with Crippen LogP contribution in [0.1, 0.15) is 15.9 Å². The standard InChI is InChI=1S/C19H18ClFN6O/c1-12-2-5-16(24-11-12)25-18-7-6-17(26-27-18)22-8-9-23-19(28)14-4-3-13(21)10-15(14)20/h2-7,10-11H,8-9H2,1H3,(H,22,26)(H,23,28)(H,24,25,27). The zero-order valence-corrected chi connectivity index (χ0v) is 15.8. The fourth-order valence-electron chi connectivity index (χ4n) is 2.30. The number of carbonyl (C=O) groups is 1. The van der Waals surface area contributed by atoms with E-state index in [0.717, 1.165) is 11.6 Å². The van der Waals surface area contributed by atoms with Crippen LogP contribution in [0.2, 0.25) is 5.02 Å². The highest BCUT2D eigenvalue weighted by atomic mass is 35.5. The van der Waals surface area contributed by atoms with Gasteiger partial charge in [0, 0.05) is 19.3 Å². The Hall–Kier alpha value is -3.26. The van der Waals surface area contributed by atoms with Crippen LogP contribution < -0.4 is 16.0 Å². The predicted molar refractivity (Wildman–Crippen MR) is 107 cm³/mol. The molecule has 0 aliphatic heterocycles. The van der Waals surface area contributed by atoms with E-state index in [1.54, 1.807) is 18.3 Å². The first kappa shape index (κ1) is 19.5. The molecule has 0 fully saturated rings. The highest BCUT2D eigenvalue weighted by molar-refractivity contribution is 6.33. The van der Waals surface area contributed by atoms with Crippen molar-refractivity contribution in [3.05, 3.63) is 70.6 Å². The number of pyridine rings is 1. The summed E-state index contributed by atoms with van der Waals surface area (Å²) < 4.78 is 13.0. The molecule has 0 aliphatic rings. The second-order valence-electron chi connectivity index (χ2n) is 5.96. The van der Waals surface area contributed by atoms with Gasteiger partial charge < -0.3 is 16.0 Å². The molecule has 0 radical (unpaired) electrons. The number of nitrogens with one attached hydrogen (secondary N) is 3. The van der Waals surface area contributed by atoms with E-state index in [0.29, 0.717) is 30.5 Å². The Balaban J connectivity index is 1.44. The Morgan fingerprint density at radius 2 is 1.79 bits per heavy atom. The third-order valence-electron chi connectivity index (χ3n) is 3.72. The van der Waals surface area contributed by atoms with Crippen molar-refractivity contribution in [1.82, 2.24) is 20.5 Å². The number of halogens is 2. The minimum atomic E-state index is -0.488. The summed E-state index contributed by atoms with van der Waals surface area (Å²) >= 11 is 5.87. The van der Waals surface area contributed by atoms with E-state index in [9.17, 15) is 9.18 Å². The van der Waals surface area contributed by atoms with E-state index in [1.807, 2.05) is 19.1 Å². The lowest BCUT2D eigenvalue weighted by molar-refractivity contribution is 0.0955. The molecule has 2 aromatic heterocycles. The lowest BCUT2D eigenvalue weighted by atomic mass is 10.2. The number of nitrogens with zero attached hydrogens (tertiary/aromatic N) is 3. The van der Waals surface area contributed by atoms with Gasteiger partial charge in [-0.15, -0.1) is 10.2 Å². The number of hydrogen-bond donors (Lipinski definition) is 3. The van der Waals surface area contributed by atoms with Crippen molar-refractivity contribution in [2.45, 2.75) is 6.92 Å². The zero-order chi connectivity index (χ0) is 19.9. The number of anilines is 3. The Morgan fingerprint density at radius 1 is 1.04 bits per heavy atom. The fourth-order valence-corrected chi connectivity index (χ4v) is 2.55. The molecule has 3 aromatic rings. The minimum absolute atomic E-state index is 0.0717. The number of benzene rings is 1. The maximum absolute atomic E-state index is 13.0. The fraction of sp³-hybridized carbons (Fsp3) is 0.158. The van der Waals surface area contributed by atoms with E-state index in [-0.39, 0.29) is 16.5 Å². The highest BCUT2D eigenvalue weighted by Gasteiger charge is 2.10. The first-order valence-corrected chi connectivity index (χ1v) is 8.89. The van der Waals surface area contributed by atoms with Crippen LogP contribution in [0.5, 0.6) is 0 Å². The van der Waals surface area contributed by atoms with Crippen LogP contribution in [-0.2, 0) is 0 Å². The molecule has 0 saturated carbocycles. The second kappa shape index (κ2) is 9.09. The molecule has 144 valence electrons. The molecule has 2 heterocycles. The Labute approximate surface area is 166 Å². The van der Waals surface area contributed by atoms with Crippen molar-refractivity contribution in [1.29, 1.82) is 0 Å². The number of aryl methyl sites for hydroxylation is 1.